The van der Waals surface area contributed by atoms with E-state index in [4.69, 9.17) is 0 Å². The van der Waals surface area contributed by atoms with Crippen LogP contribution in [0.25, 0.3) is 0 Å². The smallest absolute Gasteiger partial charge is 0.115 e. The summed E-state index contributed by atoms with van der Waals surface area (Å²) < 4.78 is 0. The zero-order valence-electron chi connectivity index (χ0n) is 13.2. The highest BCUT2D eigenvalue weighted by Crippen LogP contribution is 2.29. The summed E-state index contributed by atoms with van der Waals surface area (Å²) in [6, 6.07) is 9.07. The Bertz CT molecular complexity index is 557. The van der Waals surface area contributed by atoms with Gasteiger partial charge < -0.3 is 5.32 Å². The molecule has 1 aromatic carbocycles. The molecule has 2 nitrogen and oxygen atoms in total. The Labute approximate surface area is 126 Å². The van der Waals surface area contributed by atoms with Crippen LogP contribution in [0.3, 0.4) is 0 Å². The van der Waals surface area contributed by atoms with Crippen molar-refractivity contribution in [3.63, 3.8) is 0 Å². The van der Waals surface area contributed by atoms with Gasteiger partial charge in [0.2, 0.25) is 0 Å². The van der Waals surface area contributed by atoms with Crippen LogP contribution >= 0.6 is 11.3 Å². The number of hydrogen-bond acceptors (Lipinski definition) is 3. The second-order valence-corrected chi connectivity index (χ2v) is 7.52. The lowest BCUT2D eigenvalue weighted by atomic mass is 9.86. The first-order chi connectivity index (χ1) is 9.32. The van der Waals surface area contributed by atoms with Crippen molar-refractivity contribution in [2.75, 3.05) is 7.05 Å². The molecule has 1 N–H and O–H groups in total. The first-order valence-corrected chi connectivity index (χ1v) is 7.86. The Hall–Kier alpha value is -1.19. The molecule has 108 valence electrons. The predicted molar refractivity (Wildman–Crippen MR) is 87.6 cm³/mol. The molecule has 0 bridgehead atoms. The Morgan fingerprint density at radius 3 is 2.10 bits per heavy atom. The molecule has 1 atom stereocenters. The van der Waals surface area contributed by atoms with Crippen molar-refractivity contribution >= 4 is 11.3 Å². The van der Waals surface area contributed by atoms with Crippen LogP contribution in [-0.2, 0) is 5.41 Å². The Balaban J connectivity index is 2.33. The Kier molecular flexibility index (Phi) is 4.31. The van der Waals surface area contributed by atoms with Gasteiger partial charge in [0.15, 0.2) is 0 Å². The number of benzene rings is 1. The van der Waals surface area contributed by atoms with Gasteiger partial charge in [-0.15, -0.1) is 11.3 Å². The fourth-order valence-corrected chi connectivity index (χ4v) is 3.29. The minimum Gasteiger partial charge on any atom is -0.307 e. The van der Waals surface area contributed by atoms with Crippen LogP contribution in [0.1, 0.15) is 53.5 Å². The molecule has 0 fully saturated rings. The minimum atomic E-state index is 0.182. The van der Waals surface area contributed by atoms with E-state index in [1.54, 1.807) is 11.3 Å². The number of nitrogens with zero attached hydrogens (tertiary/aromatic N) is 1. The van der Waals surface area contributed by atoms with Gasteiger partial charge in [0.25, 0.3) is 0 Å². The molecule has 1 heterocycles. The summed E-state index contributed by atoms with van der Waals surface area (Å²) in [5, 5.41) is 4.53. The van der Waals surface area contributed by atoms with Gasteiger partial charge in [-0.2, -0.15) is 0 Å². The van der Waals surface area contributed by atoms with Crippen LogP contribution in [0.15, 0.2) is 24.3 Å². The van der Waals surface area contributed by atoms with Crippen LogP contribution < -0.4 is 5.32 Å². The van der Waals surface area contributed by atoms with Gasteiger partial charge in [-0.05, 0) is 37.4 Å². The molecule has 0 saturated heterocycles. The third-order valence-corrected chi connectivity index (χ3v) is 4.83. The summed E-state index contributed by atoms with van der Waals surface area (Å²) in [4.78, 5) is 5.98. The summed E-state index contributed by atoms with van der Waals surface area (Å²) in [5.74, 6) is 0. The summed E-state index contributed by atoms with van der Waals surface area (Å²) in [5.41, 5.74) is 3.97. The van der Waals surface area contributed by atoms with E-state index in [9.17, 15) is 0 Å². The third kappa shape index (κ3) is 3.10. The van der Waals surface area contributed by atoms with E-state index in [0.29, 0.717) is 0 Å². The maximum Gasteiger partial charge on any atom is 0.115 e. The zero-order valence-corrected chi connectivity index (χ0v) is 14.1. The average Bonchev–Trinajstić information content (AvgIpc) is 2.70. The summed E-state index contributed by atoms with van der Waals surface area (Å²) in [6.07, 6.45) is 0. The molecule has 0 aliphatic heterocycles. The topological polar surface area (TPSA) is 24.9 Å². The van der Waals surface area contributed by atoms with Crippen molar-refractivity contribution < 1.29 is 0 Å². The summed E-state index contributed by atoms with van der Waals surface area (Å²) in [6.45, 7) is 10.9. The molecule has 0 spiro atoms. The van der Waals surface area contributed by atoms with Gasteiger partial charge in [-0.1, -0.05) is 45.0 Å². The average molecular weight is 288 g/mol. The summed E-state index contributed by atoms with van der Waals surface area (Å²) in [7, 11) is 1.99. The number of hydrogen-bond donors (Lipinski definition) is 1. The molecule has 0 saturated carbocycles. The molecule has 0 aliphatic carbocycles. The van der Waals surface area contributed by atoms with Gasteiger partial charge in [0.1, 0.15) is 5.01 Å². The number of thiazole rings is 1. The number of rotatable bonds is 3. The molecule has 0 radical (unpaired) electrons. The number of nitrogens with one attached hydrogen (secondary N) is 1. The molecule has 1 aromatic heterocycles. The van der Waals surface area contributed by atoms with Crippen LogP contribution in [0, 0.1) is 13.8 Å². The highest BCUT2D eigenvalue weighted by Gasteiger charge is 2.18. The predicted octanol–water partition coefficient (Wildman–Crippen LogP) is 4.37. The van der Waals surface area contributed by atoms with Crippen molar-refractivity contribution in [3.8, 4) is 0 Å². The minimum absolute atomic E-state index is 0.182. The standard InChI is InChI=1S/C17H24N2S/c1-11-12(2)20-16(19-11)15(18-6)13-7-9-14(10-8-13)17(3,4)5/h7-10,15,18H,1-6H3. The highest BCUT2D eigenvalue weighted by atomic mass is 32.1. The molecule has 20 heavy (non-hydrogen) atoms. The van der Waals surface area contributed by atoms with E-state index in [1.165, 1.54) is 16.0 Å². The van der Waals surface area contributed by atoms with E-state index in [2.05, 4.69) is 69.2 Å². The molecule has 2 aromatic rings. The maximum atomic E-state index is 4.68. The fourth-order valence-electron chi connectivity index (χ4n) is 2.23. The molecule has 3 heteroatoms. The second-order valence-electron chi connectivity index (χ2n) is 6.29. The molecular weight excluding hydrogens is 264 g/mol. The maximum absolute atomic E-state index is 4.68. The highest BCUT2D eigenvalue weighted by molar-refractivity contribution is 7.11. The second kappa shape index (κ2) is 5.66. The molecular formula is C17H24N2S. The third-order valence-electron chi connectivity index (χ3n) is 3.69. The van der Waals surface area contributed by atoms with Gasteiger partial charge >= 0.3 is 0 Å². The van der Waals surface area contributed by atoms with E-state index >= 15 is 0 Å². The Morgan fingerprint density at radius 2 is 1.70 bits per heavy atom. The quantitative estimate of drug-likeness (QED) is 0.907. The lowest BCUT2D eigenvalue weighted by Crippen LogP contribution is -2.18. The van der Waals surface area contributed by atoms with Gasteiger partial charge in [0.05, 0.1) is 11.7 Å². The monoisotopic (exact) mass is 288 g/mol. The van der Waals surface area contributed by atoms with Crippen LogP contribution in [-0.4, -0.2) is 12.0 Å². The lowest BCUT2D eigenvalue weighted by molar-refractivity contribution is 0.589. The van der Waals surface area contributed by atoms with Gasteiger partial charge in [-0.25, -0.2) is 4.98 Å². The normalized spacial score (nSPS) is 13.5. The van der Waals surface area contributed by atoms with Crippen LogP contribution in [0.5, 0.6) is 0 Å². The van der Waals surface area contributed by atoms with Gasteiger partial charge in [0, 0.05) is 4.88 Å². The van der Waals surface area contributed by atoms with Crippen molar-refractivity contribution in [3.05, 3.63) is 51.0 Å². The largest absolute Gasteiger partial charge is 0.307 e. The van der Waals surface area contributed by atoms with E-state index in [1.807, 2.05) is 7.05 Å². The molecule has 0 aliphatic rings. The summed E-state index contributed by atoms with van der Waals surface area (Å²) >= 11 is 1.78. The molecule has 1 unspecified atom stereocenters. The van der Waals surface area contributed by atoms with E-state index < -0.39 is 0 Å². The van der Waals surface area contributed by atoms with Crippen LogP contribution in [0.4, 0.5) is 0 Å². The molecule has 0 amide bonds. The van der Waals surface area contributed by atoms with Gasteiger partial charge in [-0.3, -0.25) is 0 Å². The van der Waals surface area contributed by atoms with Crippen molar-refractivity contribution in [1.29, 1.82) is 0 Å². The van der Waals surface area contributed by atoms with Crippen LogP contribution in [0.2, 0.25) is 0 Å². The van der Waals surface area contributed by atoms with Crippen molar-refractivity contribution in [1.82, 2.24) is 10.3 Å². The lowest BCUT2D eigenvalue weighted by Gasteiger charge is -2.20. The Morgan fingerprint density at radius 1 is 1.10 bits per heavy atom. The number of aryl methyl sites for hydroxylation is 2. The van der Waals surface area contributed by atoms with E-state index in [-0.39, 0.29) is 11.5 Å². The first-order valence-electron chi connectivity index (χ1n) is 7.04. The number of aromatic nitrogens is 1. The SMILES string of the molecule is CNC(c1ccc(C(C)(C)C)cc1)c1nc(C)c(C)s1. The first kappa shape index (κ1) is 15.2. The van der Waals surface area contributed by atoms with Crippen molar-refractivity contribution in [2.24, 2.45) is 0 Å². The van der Waals surface area contributed by atoms with E-state index in [0.717, 1.165) is 10.7 Å². The fraction of sp³-hybridized carbons (Fsp3) is 0.471. The van der Waals surface area contributed by atoms with Crippen molar-refractivity contribution in [2.45, 2.75) is 46.1 Å². The molecule has 2 rings (SSSR count). The zero-order chi connectivity index (χ0) is 14.9.